The molecule has 132 valence electrons. The summed E-state index contributed by atoms with van der Waals surface area (Å²) in [6.07, 6.45) is 4.90. The van der Waals surface area contributed by atoms with Gasteiger partial charge in [-0.2, -0.15) is 0 Å². The molecular formula is C17H15N5O3S. The summed E-state index contributed by atoms with van der Waals surface area (Å²) >= 11 is 1.32. The van der Waals surface area contributed by atoms with Crippen LogP contribution >= 0.6 is 11.3 Å². The van der Waals surface area contributed by atoms with Gasteiger partial charge in [0.2, 0.25) is 0 Å². The number of nitrogens with zero attached hydrogens (tertiary/aromatic N) is 2. The van der Waals surface area contributed by atoms with E-state index in [-0.39, 0.29) is 17.6 Å². The zero-order chi connectivity index (χ0) is 18.1. The third-order valence-corrected chi connectivity index (χ3v) is 4.67. The first-order chi connectivity index (χ1) is 12.6. The summed E-state index contributed by atoms with van der Waals surface area (Å²) in [5.74, 6) is -0.532. The molecule has 2 heterocycles. The number of carbonyl (C=O) groups is 2. The highest BCUT2D eigenvalue weighted by atomic mass is 32.1. The molecule has 3 amide bonds. The number of benzene rings is 1. The molecule has 0 atom stereocenters. The topological polar surface area (TPSA) is 105 Å². The molecule has 3 aromatic rings. The molecule has 1 aromatic carbocycles. The van der Waals surface area contributed by atoms with Crippen molar-refractivity contribution in [1.29, 1.82) is 0 Å². The minimum Gasteiger partial charge on any atom is -0.335 e. The maximum atomic E-state index is 12.4. The van der Waals surface area contributed by atoms with Crippen LogP contribution in [0.2, 0.25) is 0 Å². The number of rotatable bonds is 4. The first-order valence-corrected chi connectivity index (χ1v) is 8.92. The van der Waals surface area contributed by atoms with Crippen molar-refractivity contribution in [2.75, 3.05) is 10.6 Å². The molecule has 1 aliphatic carbocycles. The summed E-state index contributed by atoms with van der Waals surface area (Å²) in [4.78, 5) is 41.0. The van der Waals surface area contributed by atoms with Gasteiger partial charge >= 0.3 is 6.03 Å². The van der Waals surface area contributed by atoms with Crippen LogP contribution < -0.4 is 21.5 Å². The average Bonchev–Trinajstić information content (AvgIpc) is 3.29. The van der Waals surface area contributed by atoms with E-state index in [1.54, 1.807) is 35.8 Å². The van der Waals surface area contributed by atoms with Crippen molar-refractivity contribution < 1.29 is 9.59 Å². The summed E-state index contributed by atoms with van der Waals surface area (Å²) < 4.78 is 1.34. The molecule has 0 saturated heterocycles. The quantitative estimate of drug-likeness (QED) is 0.656. The van der Waals surface area contributed by atoms with Crippen molar-refractivity contribution in [2.45, 2.75) is 18.9 Å². The number of hydrogen-bond acceptors (Lipinski definition) is 5. The summed E-state index contributed by atoms with van der Waals surface area (Å²) in [7, 11) is 0. The van der Waals surface area contributed by atoms with E-state index in [1.165, 1.54) is 21.9 Å². The van der Waals surface area contributed by atoms with Crippen LogP contribution in [-0.2, 0) is 0 Å². The molecule has 0 unspecified atom stereocenters. The number of amides is 3. The lowest BCUT2D eigenvalue weighted by Crippen LogP contribution is -2.30. The highest BCUT2D eigenvalue weighted by Crippen LogP contribution is 2.19. The van der Waals surface area contributed by atoms with Gasteiger partial charge in [-0.3, -0.25) is 14.0 Å². The van der Waals surface area contributed by atoms with E-state index in [1.807, 2.05) is 0 Å². The Hall–Kier alpha value is -3.20. The van der Waals surface area contributed by atoms with Gasteiger partial charge in [0, 0.05) is 35.2 Å². The highest BCUT2D eigenvalue weighted by Gasteiger charge is 2.23. The highest BCUT2D eigenvalue weighted by molar-refractivity contribution is 7.15. The van der Waals surface area contributed by atoms with Crippen molar-refractivity contribution in [1.82, 2.24) is 14.7 Å². The third kappa shape index (κ3) is 3.42. The first kappa shape index (κ1) is 16.3. The van der Waals surface area contributed by atoms with Crippen molar-refractivity contribution in [3.05, 3.63) is 58.0 Å². The van der Waals surface area contributed by atoms with Crippen LogP contribution in [0.5, 0.6) is 0 Å². The van der Waals surface area contributed by atoms with Crippen molar-refractivity contribution in [3.8, 4) is 0 Å². The van der Waals surface area contributed by atoms with Crippen LogP contribution in [0.4, 0.5) is 16.2 Å². The number of nitrogens with one attached hydrogen (secondary N) is 3. The van der Waals surface area contributed by atoms with E-state index < -0.39 is 11.5 Å². The summed E-state index contributed by atoms with van der Waals surface area (Å²) in [5.41, 5.74) is 0.677. The lowest BCUT2D eigenvalue weighted by Gasteiger charge is -2.08. The summed E-state index contributed by atoms with van der Waals surface area (Å²) in [6, 6.07) is 6.69. The van der Waals surface area contributed by atoms with Crippen molar-refractivity contribution in [2.24, 2.45) is 0 Å². The number of urea groups is 1. The minimum absolute atomic E-state index is 0.0353. The SMILES string of the molecule is O=C(Nc1ccc(NC(=O)c2cnc3sccn3c2=O)cc1)NC1CC1. The normalized spacial score (nSPS) is 13.4. The molecule has 1 aliphatic rings. The van der Waals surface area contributed by atoms with E-state index in [2.05, 4.69) is 20.9 Å². The largest absolute Gasteiger partial charge is 0.335 e. The number of thiazole rings is 1. The summed E-state index contributed by atoms with van der Waals surface area (Å²) in [6.45, 7) is 0. The molecule has 4 rings (SSSR count). The molecule has 9 heteroatoms. The van der Waals surface area contributed by atoms with Gasteiger partial charge in [-0.1, -0.05) is 0 Å². The van der Waals surface area contributed by atoms with E-state index in [0.29, 0.717) is 16.3 Å². The maximum absolute atomic E-state index is 12.4. The lowest BCUT2D eigenvalue weighted by molar-refractivity contribution is 0.102. The fourth-order valence-electron chi connectivity index (χ4n) is 2.40. The zero-order valence-electron chi connectivity index (χ0n) is 13.6. The van der Waals surface area contributed by atoms with Crippen LogP contribution in [0, 0.1) is 0 Å². The van der Waals surface area contributed by atoms with Crippen LogP contribution in [0.15, 0.2) is 46.8 Å². The lowest BCUT2D eigenvalue weighted by atomic mass is 10.2. The Bertz CT molecular complexity index is 1040. The molecule has 0 spiro atoms. The van der Waals surface area contributed by atoms with E-state index in [9.17, 15) is 14.4 Å². The van der Waals surface area contributed by atoms with Gasteiger partial charge in [0.25, 0.3) is 11.5 Å². The van der Waals surface area contributed by atoms with Crippen LogP contribution in [0.1, 0.15) is 23.2 Å². The predicted octanol–water partition coefficient (Wildman–Crippen LogP) is 2.29. The predicted molar refractivity (Wildman–Crippen MR) is 98.9 cm³/mol. The number of aromatic nitrogens is 2. The molecule has 8 nitrogen and oxygen atoms in total. The van der Waals surface area contributed by atoms with Crippen LogP contribution in [0.3, 0.4) is 0 Å². The molecule has 1 fully saturated rings. The fourth-order valence-corrected chi connectivity index (χ4v) is 3.07. The average molecular weight is 369 g/mol. The Labute approximate surface area is 151 Å². The van der Waals surface area contributed by atoms with Gasteiger partial charge in [0.05, 0.1) is 0 Å². The first-order valence-electron chi connectivity index (χ1n) is 8.04. The van der Waals surface area contributed by atoms with Gasteiger partial charge in [-0.25, -0.2) is 9.78 Å². The second-order valence-corrected chi connectivity index (χ2v) is 6.81. The third-order valence-electron chi connectivity index (χ3n) is 3.90. The summed E-state index contributed by atoms with van der Waals surface area (Å²) in [5, 5.41) is 9.95. The molecule has 0 aliphatic heterocycles. The van der Waals surface area contributed by atoms with Gasteiger partial charge < -0.3 is 16.0 Å². The van der Waals surface area contributed by atoms with E-state index in [4.69, 9.17) is 0 Å². The Morgan fingerprint density at radius 1 is 1.12 bits per heavy atom. The zero-order valence-corrected chi connectivity index (χ0v) is 14.4. The van der Waals surface area contributed by atoms with Crippen molar-refractivity contribution in [3.63, 3.8) is 0 Å². The molecule has 0 bridgehead atoms. The second kappa shape index (κ2) is 6.60. The molecule has 3 N–H and O–H groups in total. The van der Waals surface area contributed by atoms with E-state index >= 15 is 0 Å². The monoisotopic (exact) mass is 369 g/mol. The maximum Gasteiger partial charge on any atom is 0.319 e. The minimum atomic E-state index is -0.532. The Morgan fingerprint density at radius 2 is 1.81 bits per heavy atom. The number of fused-ring (bicyclic) bond motifs is 1. The number of anilines is 2. The molecule has 1 saturated carbocycles. The smallest absolute Gasteiger partial charge is 0.319 e. The Kier molecular flexibility index (Phi) is 4.13. The van der Waals surface area contributed by atoms with Crippen LogP contribution in [-0.4, -0.2) is 27.4 Å². The van der Waals surface area contributed by atoms with E-state index in [0.717, 1.165) is 12.8 Å². The van der Waals surface area contributed by atoms with Gasteiger partial charge in [-0.15, -0.1) is 11.3 Å². The standard InChI is InChI=1S/C17H15N5O3S/c23-14(13-9-18-17-22(15(13)24)7-8-26-17)19-10-1-3-11(4-2-10)20-16(25)21-12-5-6-12/h1-4,7-9,12H,5-6H2,(H,19,23)(H2,20,21,25). The number of carbonyl (C=O) groups excluding carboxylic acids is 2. The Balaban J connectivity index is 1.44. The molecular weight excluding hydrogens is 354 g/mol. The second-order valence-electron chi connectivity index (χ2n) is 5.94. The number of hydrogen-bond donors (Lipinski definition) is 3. The molecule has 2 aromatic heterocycles. The Morgan fingerprint density at radius 3 is 2.50 bits per heavy atom. The fraction of sp³-hybridized carbons (Fsp3) is 0.176. The molecule has 26 heavy (non-hydrogen) atoms. The van der Waals surface area contributed by atoms with Gasteiger partial charge in [0.15, 0.2) is 4.96 Å². The molecule has 0 radical (unpaired) electrons. The van der Waals surface area contributed by atoms with Gasteiger partial charge in [0.1, 0.15) is 5.56 Å². The van der Waals surface area contributed by atoms with Gasteiger partial charge in [-0.05, 0) is 37.1 Å². The van der Waals surface area contributed by atoms with Crippen molar-refractivity contribution >= 4 is 39.6 Å². The van der Waals surface area contributed by atoms with Crippen LogP contribution in [0.25, 0.3) is 4.96 Å².